The highest BCUT2D eigenvalue weighted by Crippen LogP contribution is 2.27. The number of rotatable bonds is 5. The monoisotopic (exact) mass is 484 g/mol. The summed E-state index contributed by atoms with van der Waals surface area (Å²) < 4.78 is 28.1. The van der Waals surface area contributed by atoms with E-state index >= 15 is 0 Å². The minimum Gasteiger partial charge on any atom is -0.322 e. The lowest BCUT2D eigenvalue weighted by Gasteiger charge is -2.28. The summed E-state index contributed by atoms with van der Waals surface area (Å²) in [6.45, 7) is 0.789. The fraction of sp³-hybridized carbons (Fsp3) is 0.130. The molecule has 3 N–H and O–H groups in total. The van der Waals surface area contributed by atoms with E-state index in [0.29, 0.717) is 52.7 Å². The SMILES string of the molecule is O=C(Nc1ccc(Cl)c(NC(=O)c2ccccc2)c1)c1ccc(N2CCCNS2(=O)=O)cc1. The lowest BCUT2D eigenvalue weighted by Crippen LogP contribution is -2.47. The van der Waals surface area contributed by atoms with Gasteiger partial charge in [0.15, 0.2) is 0 Å². The number of carbonyl (C=O) groups is 2. The number of anilines is 3. The van der Waals surface area contributed by atoms with Crippen molar-refractivity contribution in [1.29, 1.82) is 0 Å². The molecule has 0 spiro atoms. The second-order valence-corrected chi connectivity index (χ2v) is 9.43. The number of nitrogens with zero attached hydrogens (tertiary/aromatic N) is 1. The number of amides is 2. The van der Waals surface area contributed by atoms with Gasteiger partial charge >= 0.3 is 10.2 Å². The molecule has 3 aromatic rings. The number of hydrogen-bond donors (Lipinski definition) is 3. The van der Waals surface area contributed by atoms with Gasteiger partial charge in [-0.25, -0.2) is 0 Å². The summed E-state index contributed by atoms with van der Waals surface area (Å²) in [7, 11) is -3.56. The minimum atomic E-state index is -3.56. The second-order valence-electron chi connectivity index (χ2n) is 7.34. The van der Waals surface area contributed by atoms with Crippen molar-refractivity contribution in [2.75, 3.05) is 28.0 Å². The average Bonchev–Trinajstić information content (AvgIpc) is 2.81. The molecule has 4 rings (SSSR count). The quantitative estimate of drug-likeness (QED) is 0.510. The smallest absolute Gasteiger partial charge is 0.301 e. The summed E-state index contributed by atoms with van der Waals surface area (Å²) in [6.07, 6.45) is 0.696. The van der Waals surface area contributed by atoms with Gasteiger partial charge in [0.2, 0.25) is 0 Å². The zero-order valence-electron chi connectivity index (χ0n) is 17.4. The number of hydrogen-bond acceptors (Lipinski definition) is 4. The number of benzene rings is 3. The molecule has 0 atom stereocenters. The van der Waals surface area contributed by atoms with Gasteiger partial charge in [-0.3, -0.25) is 13.9 Å². The molecular weight excluding hydrogens is 464 g/mol. The van der Waals surface area contributed by atoms with Gasteiger partial charge in [0.05, 0.1) is 16.4 Å². The fourth-order valence-corrected chi connectivity index (χ4v) is 4.85. The lowest BCUT2D eigenvalue weighted by molar-refractivity contribution is 0.101. The van der Waals surface area contributed by atoms with Gasteiger partial charge in [0.25, 0.3) is 11.8 Å². The van der Waals surface area contributed by atoms with Gasteiger partial charge in [-0.1, -0.05) is 29.8 Å². The van der Waals surface area contributed by atoms with Crippen molar-refractivity contribution < 1.29 is 18.0 Å². The largest absolute Gasteiger partial charge is 0.322 e. The number of halogens is 1. The third-order valence-corrected chi connectivity index (χ3v) is 6.91. The predicted octanol–water partition coefficient (Wildman–Crippen LogP) is 3.89. The van der Waals surface area contributed by atoms with Crippen LogP contribution in [0.2, 0.25) is 5.02 Å². The summed E-state index contributed by atoms with van der Waals surface area (Å²) in [4.78, 5) is 25.1. The van der Waals surface area contributed by atoms with Crippen molar-refractivity contribution in [2.45, 2.75) is 6.42 Å². The molecular formula is C23H21ClN4O4S. The maximum atomic E-state index is 12.7. The number of nitrogens with one attached hydrogen (secondary N) is 3. The molecule has 1 aliphatic heterocycles. The molecule has 1 saturated heterocycles. The Hall–Kier alpha value is -3.40. The number of carbonyl (C=O) groups excluding carboxylic acids is 2. The van der Waals surface area contributed by atoms with Crippen LogP contribution in [0.5, 0.6) is 0 Å². The Kier molecular flexibility index (Phi) is 6.64. The highest BCUT2D eigenvalue weighted by atomic mass is 35.5. The topological polar surface area (TPSA) is 108 Å². The predicted molar refractivity (Wildman–Crippen MR) is 129 cm³/mol. The van der Waals surface area contributed by atoms with Crippen LogP contribution >= 0.6 is 11.6 Å². The summed E-state index contributed by atoms with van der Waals surface area (Å²) in [6, 6.07) is 19.8. The van der Waals surface area contributed by atoms with Gasteiger partial charge in [-0.15, -0.1) is 0 Å². The molecule has 0 aromatic heterocycles. The van der Waals surface area contributed by atoms with E-state index in [-0.39, 0.29) is 11.8 Å². The van der Waals surface area contributed by atoms with Gasteiger partial charge < -0.3 is 10.6 Å². The molecule has 0 radical (unpaired) electrons. The van der Waals surface area contributed by atoms with E-state index in [2.05, 4.69) is 15.4 Å². The van der Waals surface area contributed by atoms with Crippen molar-refractivity contribution >= 4 is 50.7 Å². The van der Waals surface area contributed by atoms with Crippen molar-refractivity contribution in [3.8, 4) is 0 Å². The Morgan fingerprint density at radius 2 is 1.55 bits per heavy atom. The fourth-order valence-electron chi connectivity index (χ4n) is 3.35. The summed E-state index contributed by atoms with van der Waals surface area (Å²) >= 11 is 6.21. The third-order valence-electron chi connectivity index (χ3n) is 5.04. The highest BCUT2D eigenvalue weighted by Gasteiger charge is 2.25. The van der Waals surface area contributed by atoms with Gasteiger partial charge in [0.1, 0.15) is 0 Å². The molecule has 0 saturated carbocycles. The first-order valence-electron chi connectivity index (χ1n) is 10.2. The molecule has 10 heteroatoms. The molecule has 0 unspecified atom stereocenters. The van der Waals surface area contributed by atoms with E-state index < -0.39 is 10.2 Å². The maximum absolute atomic E-state index is 12.7. The van der Waals surface area contributed by atoms with Crippen LogP contribution in [0.1, 0.15) is 27.1 Å². The lowest BCUT2D eigenvalue weighted by atomic mass is 10.1. The van der Waals surface area contributed by atoms with E-state index in [4.69, 9.17) is 11.6 Å². The van der Waals surface area contributed by atoms with Crippen LogP contribution in [0.3, 0.4) is 0 Å². The third kappa shape index (κ3) is 5.33. The van der Waals surface area contributed by atoms with E-state index in [0.717, 1.165) is 0 Å². The molecule has 8 nitrogen and oxygen atoms in total. The Labute approximate surface area is 196 Å². The van der Waals surface area contributed by atoms with E-state index in [1.165, 1.54) is 4.31 Å². The zero-order chi connectivity index (χ0) is 23.4. The highest BCUT2D eigenvalue weighted by molar-refractivity contribution is 7.90. The first-order chi connectivity index (χ1) is 15.8. The Balaban J connectivity index is 1.46. The summed E-state index contributed by atoms with van der Waals surface area (Å²) in [5.41, 5.74) is 2.12. The normalized spacial score (nSPS) is 15.0. The van der Waals surface area contributed by atoms with Crippen LogP contribution in [0.25, 0.3) is 0 Å². The second kappa shape index (κ2) is 9.62. The van der Waals surface area contributed by atoms with Gasteiger partial charge in [-0.2, -0.15) is 13.1 Å². The van der Waals surface area contributed by atoms with E-state index in [1.54, 1.807) is 66.7 Å². The molecule has 1 fully saturated rings. The average molecular weight is 485 g/mol. The van der Waals surface area contributed by atoms with Crippen molar-refractivity contribution in [3.05, 3.63) is 88.9 Å². The van der Waals surface area contributed by atoms with Crippen molar-refractivity contribution in [1.82, 2.24) is 4.72 Å². The minimum absolute atomic E-state index is 0.321. The standard InChI is InChI=1S/C23H21ClN4O4S/c24-20-12-9-18(15-21(20)27-23(30)16-5-2-1-3-6-16)26-22(29)17-7-10-19(11-8-17)28-14-4-13-25-33(28,31)32/h1-3,5-12,15,25H,4,13-14H2,(H,26,29)(H,27,30). The Morgan fingerprint density at radius 3 is 2.24 bits per heavy atom. The first kappa shape index (κ1) is 22.8. The van der Waals surface area contributed by atoms with Crippen LogP contribution in [-0.4, -0.2) is 33.3 Å². The molecule has 1 heterocycles. The van der Waals surface area contributed by atoms with Crippen LogP contribution in [0.15, 0.2) is 72.8 Å². The van der Waals surface area contributed by atoms with Crippen molar-refractivity contribution in [2.24, 2.45) is 0 Å². The maximum Gasteiger partial charge on any atom is 0.301 e. The molecule has 2 amide bonds. The Morgan fingerprint density at radius 1 is 0.879 bits per heavy atom. The van der Waals surface area contributed by atoms with E-state index in [9.17, 15) is 18.0 Å². The summed E-state index contributed by atoms with van der Waals surface area (Å²) in [5, 5.41) is 5.83. The first-order valence-corrected chi connectivity index (χ1v) is 12.0. The van der Waals surface area contributed by atoms with Crippen LogP contribution < -0.4 is 19.7 Å². The molecule has 170 valence electrons. The molecule has 33 heavy (non-hydrogen) atoms. The molecule has 1 aliphatic rings. The van der Waals surface area contributed by atoms with E-state index in [1.807, 2.05) is 6.07 Å². The summed E-state index contributed by atoms with van der Waals surface area (Å²) in [5.74, 6) is -0.706. The van der Waals surface area contributed by atoms with Gasteiger partial charge in [0, 0.05) is 29.9 Å². The Bertz CT molecular complexity index is 1280. The van der Waals surface area contributed by atoms with Crippen LogP contribution in [0, 0.1) is 0 Å². The van der Waals surface area contributed by atoms with Gasteiger partial charge in [-0.05, 0) is 61.0 Å². The van der Waals surface area contributed by atoms with Crippen LogP contribution in [-0.2, 0) is 10.2 Å². The zero-order valence-corrected chi connectivity index (χ0v) is 19.0. The molecule has 0 aliphatic carbocycles. The molecule has 0 bridgehead atoms. The molecule has 3 aromatic carbocycles. The van der Waals surface area contributed by atoms with Crippen molar-refractivity contribution in [3.63, 3.8) is 0 Å². The van der Waals surface area contributed by atoms with Crippen LogP contribution in [0.4, 0.5) is 17.1 Å².